The zero-order chi connectivity index (χ0) is 20.3. The second kappa shape index (κ2) is 8.62. The summed E-state index contributed by atoms with van der Waals surface area (Å²) in [6.07, 6.45) is 3.52. The molecule has 0 spiro atoms. The summed E-state index contributed by atoms with van der Waals surface area (Å²) >= 11 is 7.38. The van der Waals surface area contributed by atoms with E-state index in [1.165, 1.54) is 11.3 Å². The molecule has 1 saturated heterocycles. The fraction of sp³-hybridized carbons (Fsp3) is 0.200. The highest BCUT2D eigenvalue weighted by atomic mass is 35.5. The van der Waals surface area contributed by atoms with Gasteiger partial charge in [0.25, 0.3) is 0 Å². The SMILES string of the molecule is O=S(=O)(c1ccc(-c2csc(N/N=C/c3cccc(Cl)c3)n2)cc1)N1CCCC1. The molecule has 1 N–H and O–H groups in total. The number of hydrogen-bond acceptors (Lipinski definition) is 6. The van der Waals surface area contributed by atoms with Crippen molar-refractivity contribution in [1.29, 1.82) is 0 Å². The Morgan fingerprint density at radius 1 is 1.14 bits per heavy atom. The van der Waals surface area contributed by atoms with Crippen LogP contribution in [0.25, 0.3) is 11.3 Å². The normalized spacial score (nSPS) is 15.2. The van der Waals surface area contributed by atoms with Gasteiger partial charge in [-0.15, -0.1) is 11.3 Å². The molecule has 2 aromatic carbocycles. The number of aromatic nitrogens is 1. The van der Waals surface area contributed by atoms with Crippen molar-refractivity contribution >= 4 is 44.3 Å². The van der Waals surface area contributed by atoms with Crippen LogP contribution in [0.2, 0.25) is 5.02 Å². The van der Waals surface area contributed by atoms with Crippen LogP contribution < -0.4 is 5.43 Å². The standard InChI is InChI=1S/C20H19ClN4O2S2/c21-17-5-3-4-15(12-17)13-22-24-20-23-19(14-28-20)16-6-8-18(9-7-16)29(26,27)25-10-1-2-11-25/h3-9,12-14H,1-2,10-11H2,(H,23,24)/b22-13+. The van der Waals surface area contributed by atoms with E-state index in [0.717, 1.165) is 29.7 Å². The van der Waals surface area contributed by atoms with Crippen LogP contribution in [0.1, 0.15) is 18.4 Å². The van der Waals surface area contributed by atoms with Gasteiger partial charge in [-0.2, -0.15) is 9.41 Å². The molecule has 3 aromatic rings. The molecule has 1 aromatic heterocycles. The first kappa shape index (κ1) is 20.0. The number of benzene rings is 2. The van der Waals surface area contributed by atoms with Crippen molar-refractivity contribution in [2.45, 2.75) is 17.7 Å². The fourth-order valence-corrected chi connectivity index (χ4v) is 5.47. The predicted octanol–water partition coefficient (Wildman–Crippen LogP) is 4.69. The average Bonchev–Trinajstić information content (AvgIpc) is 3.41. The van der Waals surface area contributed by atoms with Gasteiger partial charge in [0.1, 0.15) is 0 Å². The number of halogens is 1. The summed E-state index contributed by atoms with van der Waals surface area (Å²) in [4.78, 5) is 4.83. The summed E-state index contributed by atoms with van der Waals surface area (Å²) in [5.74, 6) is 0. The highest BCUT2D eigenvalue weighted by Crippen LogP contribution is 2.27. The number of nitrogens with one attached hydrogen (secondary N) is 1. The lowest BCUT2D eigenvalue weighted by Gasteiger charge is -2.15. The lowest BCUT2D eigenvalue weighted by Crippen LogP contribution is -2.27. The molecule has 6 nitrogen and oxygen atoms in total. The average molecular weight is 447 g/mol. The van der Waals surface area contributed by atoms with Crippen molar-refractivity contribution in [2.75, 3.05) is 18.5 Å². The van der Waals surface area contributed by atoms with Gasteiger partial charge in [-0.05, 0) is 42.7 Å². The van der Waals surface area contributed by atoms with Gasteiger partial charge in [-0.3, -0.25) is 5.43 Å². The van der Waals surface area contributed by atoms with Gasteiger partial charge in [0.15, 0.2) is 0 Å². The first-order chi connectivity index (χ1) is 14.0. The summed E-state index contributed by atoms with van der Waals surface area (Å²) in [6, 6.07) is 14.3. The summed E-state index contributed by atoms with van der Waals surface area (Å²) in [7, 11) is -3.40. The predicted molar refractivity (Wildman–Crippen MR) is 118 cm³/mol. The molecule has 0 saturated carbocycles. The van der Waals surface area contributed by atoms with E-state index in [4.69, 9.17) is 11.6 Å². The van der Waals surface area contributed by atoms with Crippen molar-refractivity contribution < 1.29 is 8.42 Å². The monoisotopic (exact) mass is 446 g/mol. The molecule has 1 aliphatic rings. The van der Waals surface area contributed by atoms with Crippen LogP contribution in [0.3, 0.4) is 0 Å². The minimum Gasteiger partial charge on any atom is -0.253 e. The van der Waals surface area contributed by atoms with Crippen molar-refractivity contribution in [3.8, 4) is 11.3 Å². The topological polar surface area (TPSA) is 74.7 Å². The third-order valence-electron chi connectivity index (χ3n) is 4.58. The zero-order valence-electron chi connectivity index (χ0n) is 15.5. The van der Waals surface area contributed by atoms with Crippen LogP contribution in [0.15, 0.2) is 63.9 Å². The Morgan fingerprint density at radius 2 is 1.90 bits per heavy atom. The van der Waals surface area contributed by atoms with Crippen molar-refractivity contribution in [1.82, 2.24) is 9.29 Å². The molecule has 0 bridgehead atoms. The van der Waals surface area contributed by atoms with Crippen LogP contribution >= 0.6 is 22.9 Å². The van der Waals surface area contributed by atoms with E-state index in [0.29, 0.717) is 28.1 Å². The second-order valence-corrected chi connectivity index (χ2v) is 9.83. The van der Waals surface area contributed by atoms with E-state index in [1.807, 2.05) is 23.6 Å². The molecule has 1 aliphatic heterocycles. The molecule has 2 heterocycles. The number of hydrazone groups is 1. The molecule has 4 rings (SSSR count). The third kappa shape index (κ3) is 4.67. The highest BCUT2D eigenvalue weighted by Gasteiger charge is 2.26. The molecule has 9 heteroatoms. The fourth-order valence-electron chi connectivity index (χ4n) is 3.08. The number of thiazole rings is 1. The van der Waals surface area contributed by atoms with E-state index in [-0.39, 0.29) is 0 Å². The Kier molecular flexibility index (Phi) is 5.96. The Labute approximate surface area is 178 Å². The van der Waals surface area contributed by atoms with Gasteiger partial charge in [0, 0.05) is 29.1 Å². The molecular weight excluding hydrogens is 428 g/mol. The molecule has 0 atom stereocenters. The van der Waals surface area contributed by atoms with Crippen LogP contribution in [-0.2, 0) is 10.0 Å². The molecule has 150 valence electrons. The minimum absolute atomic E-state index is 0.322. The molecule has 0 amide bonds. The van der Waals surface area contributed by atoms with Crippen LogP contribution in [0.4, 0.5) is 5.13 Å². The van der Waals surface area contributed by atoms with E-state index in [2.05, 4.69) is 15.5 Å². The van der Waals surface area contributed by atoms with Crippen LogP contribution in [0, 0.1) is 0 Å². The lowest BCUT2D eigenvalue weighted by molar-refractivity contribution is 0.477. The van der Waals surface area contributed by atoms with Gasteiger partial charge in [0.2, 0.25) is 15.2 Å². The number of rotatable bonds is 6. The Balaban J connectivity index is 1.44. The summed E-state index contributed by atoms with van der Waals surface area (Å²) in [5, 5.41) is 7.38. The first-order valence-electron chi connectivity index (χ1n) is 9.13. The van der Waals surface area contributed by atoms with E-state index >= 15 is 0 Å². The lowest BCUT2D eigenvalue weighted by atomic mass is 10.2. The smallest absolute Gasteiger partial charge is 0.243 e. The van der Waals surface area contributed by atoms with Gasteiger partial charge in [-0.1, -0.05) is 35.9 Å². The number of nitrogens with zero attached hydrogens (tertiary/aromatic N) is 3. The zero-order valence-corrected chi connectivity index (χ0v) is 17.8. The summed E-state index contributed by atoms with van der Waals surface area (Å²) in [5.41, 5.74) is 5.41. The van der Waals surface area contributed by atoms with Crippen LogP contribution in [-0.4, -0.2) is 37.0 Å². The molecule has 1 fully saturated rings. The van der Waals surface area contributed by atoms with E-state index in [9.17, 15) is 8.42 Å². The number of sulfonamides is 1. The summed E-state index contributed by atoms with van der Waals surface area (Å²) < 4.78 is 26.8. The molecule has 0 aliphatic carbocycles. The maximum atomic E-state index is 12.6. The quantitative estimate of drug-likeness (QED) is 0.440. The maximum Gasteiger partial charge on any atom is 0.243 e. The summed E-state index contributed by atoms with van der Waals surface area (Å²) in [6.45, 7) is 1.20. The van der Waals surface area contributed by atoms with Crippen molar-refractivity contribution in [3.63, 3.8) is 0 Å². The Morgan fingerprint density at radius 3 is 2.62 bits per heavy atom. The Bertz CT molecular complexity index is 1120. The van der Waals surface area contributed by atoms with E-state index < -0.39 is 10.0 Å². The van der Waals surface area contributed by atoms with Gasteiger partial charge in [0.05, 0.1) is 16.8 Å². The van der Waals surface area contributed by atoms with Crippen molar-refractivity contribution in [2.24, 2.45) is 5.10 Å². The third-order valence-corrected chi connectivity index (χ3v) is 7.47. The molecule has 0 unspecified atom stereocenters. The second-order valence-electron chi connectivity index (χ2n) is 6.60. The molecule has 29 heavy (non-hydrogen) atoms. The minimum atomic E-state index is -3.40. The maximum absolute atomic E-state index is 12.6. The van der Waals surface area contributed by atoms with Gasteiger partial charge >= 0.3 is 0 Å². The number of hydrogen-bond donors (Lipinski definition) is 1. The van der Waals surface area contributed by atoms with Gasteiger partial charge < -0.3 is 0 Å². The highest BCUT2D eigenvalue weighted by molar-refractivity contribution is 7.89. The Hall–Kier alpha value is -2.26. The number of anilines is 1. The van der Waals surface area contributed by atoms with E-state index in [1.54, 1.807) is 40.9 Å². The first-order valence-corrected chi connectivity index (χ1v) is 11.8. The molecule has 0 radical (unpaired) electrons. The largest absolute Gasteiger partial charge is 0.253 e. The van der Waals surface area contributed by atoms with Gasteiger partial charge in [-0.25, -0.2) is 13.4 Å². The van der Waals surface area contributed by atoms with Crippen LogP contribution in [0.5, 0.6) is 0 Å². The molecular formula is C20H19ClN4O2S2. The van der Waals surface area contributed by atoms with Crippen molar-refractivity contribution in [3.05, 3.63) is 64.5 Å².